The lowest BCUT2D eigenvalue weighted by molar-refractivity contribution is -0.385. The monoisotopic (exact) mass is 474 g/mol. The predicted molar refractivity (Wildman–Crippen MR) is 127 cm³/mol. The van der Waals surface area contributed by atoms with E-state index in [1.165, 1.54) is 24.4 Å². The average Bonchev–Trinajstić information content (AvgIpc) is 2.80. The average molecular weight is 475 g/mol. The third kappa shape index (κ3) is 7.09. The number of nitro groups is 1. The maximum absolute atomic E-state index is 14.1. The minimum absolute atomic E-state index is 0.138. The fourth-order valence-electron chi connectivity index (χ4n) is 3.86. The van der Waals surface area contributed by atoms with E-state index in [2.05, 4.69) is 34.2 Å². The van der Waals surface area contributed by atoms with Crippen LogP contribution in [0.4, 0.5) is 20.7 Å². The van der Waals surface area contributed by atoms with Gasteiger partial charge >= 0.3 is 6.03 Å². The number of urea groups is 1. The minimum Gasteiger partial charge on any atom is -0.454 e. The molecule has 11 heteroatoms. The first-order chi connectivity index (χ1) is 16.2. The highest BCUT2D eigenvalue weighted by molar-refractivity contribution is 5.88. The van der Waals surface area contributed by atoms with Gasteiger partial charge in [-0.3, -0.25) is 15.4 Å². The van der Waals surface area contributed by atoms with Crippen LogP contribution in [0.2, 0.25) is 0 Å². The number of amides is 2. The molecule has 1 aliphatic heterocycles. The number of ether oxygens (including phenoxy) is 1. The molecule has 0 unspecified atom stereocenters. The molecular formula is C23H31FN6O4. The summed E-state index contributed by atoms with van der Waals surface area (Å²) in [7, 11) is 5.92. The molecule has 0 spiro atoms. The molecule has 0 saturated carbocycles. The van der Waals surface area contributed by atoms with Crippen LogP contribution in [0.1, 0.15) is 19.3 Å². The summed E-state index contributed by atoms with van der Waals surface area (Å²) in [6.45, 7) is 4.04. The molecule has 2 aromatic rings. The van der Waals surface area contributed by atoms with E-state index < -0.39 is 10.7 Å². The lowest BCUT2D eigenvalue weighted by Crippen LogP contribution is -2.47. The molecule has 1 N–H and O–H groups in total. The Kier molecular flexibility index (Phi) is 8.72. The fraction of sp³-hybridized carbons (Fsp3) is 0.478. The molecule has 1 aliphatic rings. The summed E-state index contributed by atoms with van der Waals surface area (Å²) in [5, 5.41) is 13.5. The van der Waals surface area contributed by atoms with Gasteiger partial charge in [0.1, 0.15) is 11.6 Å². The summed E-state index contributed by atoms with van der Waals surface area (Å²) >= 11 is 0. The topological polar surface area (TPSA) is 104 Å². The molecule has 184 valence electrons. The van der Waals surface area contributed by atoms with Gasteiger partial charge in [0, 0.05) is 44.5 Å². The van der Waals surface area contributed by atoms with E-state index in [4.69, 9.17) is 4.74 Å². The molecule has 0 aliphatic carbocycles. The van der Waals surface area contributed by atoms with Crippen molar-refractivity contribution in [2.75, 3.05) is 52.6 Å². The number of nitro benzene ring substituents is 1. The van der Waals surface area contributed by atoms with Crippen molar-refractivity contribution in [3.8, 4) is 11.5 Å². The van der Waals surface area contributed by atoms with Crippen molar-refractivity contribution in [2.45, 2.75) is 25.3 Å². The summed E-state index contributed by atoms with van der Waals surface area (Å²) in [5.41, 5.74) is -0.366. The number of rotatable bonds is 9. The molecule has 1 aromatic heterocycles. The second-order valence-electron chi connectivity index (χ2n) is 8.62. The van der Waals surface area contributed by atoms with Crippen molar-refractivity contribution in [3.63, 3.8) is 0 Å². The summed E-state index contributed by atoms with van der Waals surface area (Å²) in [4.78, 5) is 33.3. The van der Waals surface area contributed by atoms with E-state index >= 15 is 0 Å². The number of piperidine rings is 1. The zero-order valence-corrected chi connectivity index (χ0v) is 19.7. The number of likely N-dealkylation sites (tertiary alicyclic amines) is 1. The van der Waals surface area contributed by atoms with Crippen LogP contribution in [0, 0.1) is 15.9 Å². The number of carbonyl (C=O) groups is 1. The van der Waals surface area contributed by atoms with Gasteiger partial charge in [0.25, 0.3) is 5.69 Å². The van der Waals surface area contributed by atoms with Crippen LogP contribution < -0.4 is 10.1 Å². The summed E-state index contributed by atoms with van der Waals surface area (Å²) in [5.74, 6) is -0.516. The third-order valence-corrected chi connectivity index (χ3v) is 5.83. The van der Waals surface area contributed by atoms with Crippen LogP contribution in [0.3, 0.4) is 0 Å². The first-order valence-corrected chi connectivity index (χ1v) is 11.2. The molecule has 1 aromatic carbocycles. The number of aromatic nitrogens is 1. The molecule has 0 bridgehead atoms. The molecule has 2 amide bonds. The maximum atomic E-state index is 14.1. The Morgan fingerprint density at radius 3 is 2.65 bits per heavy atom. The Balaban J connectivity index is 1.52. The molecule has 0 atom stereocenters. The molecule has 1 fully saturated rings. The Morgan fingerprint density at radius 1 is 1.26 bits per heavy atom. The molecule has 3 rings (SSSR count). The molecule has 34 heavy (non-hydrogen) atoms. The number of hydrogen-bond acceptors (Lipinski definition) is 7. The lowest BCUT2D eigenvalue weighted by atomic mass is 10.0. The number of pyridine rings is 1. The zero-order valence-electron chi connectivity index (χ0n) is 19.7. The van der Waals surface area contributed by atoms with Crippen molar-refractivity contribution >= 4 is 17.5 Å². The number of non-ortho nitro benzene ring substituents is 1. The number of carbonyl (C=O) groups excluding carboxylic acids is 1. The highest BCUT2D eigenvalue weighted by atomic mass is 19.1. The fourth-order valence-corrected chi connectivity index (χ4v) is 3.86. The Morgan fingerprint density at radius 2 is 2.00 bits per heavy atom. The normalized spacial score (nSPS) is 14.7. The molecule has 10 nitrogen and oxygen atoms in total. The van der Waals surface area contributed by atoms with Crippen LogP contribution in [0.5, 0.6) is 11.5 Å². The van der Waals surface area contributed by atoms with Gasteiger partial charge in [-0.25, -0.2) is 14.2 Å². The lowest BCUT2D eigenvalue weighted by Gasteiger charge is -2.36. The Bertz CT molecular complexity index is 997. The Labute approximate surface area is 198 Å². The first kappa shape index (κ1) is 25.3. The zero-order chi connectivity index (χ0) is 24.7. The van der Waals surface area contributed by atoms with Gasteiger partial charge in [-0.2, -0.15) is 0 Å². The maximum Gasteiger partial charge on any atom is 0.323 e. The van der Waals surface area contributed by atoms with E-state index in [-0.39, 0.29) is 35.1 Å². The van der Waals surface area contributed by atoms with Crippen LogP contribution in [-0.4, -0.2) is 84.0 Å². The van der Waals surface area contributed by atoms with Crippen molar-refractivity contribution in [1.29, 1.82) is 0 Å². The standard InChI is InChI=1S/C23H31FN6O4/c1-27(2)11-4-12-29-13-8-17(9-14-29)28(3)23(31)26-22-16-19(7-10-25-22)34-21-6-5-18(30(32)33)15-20(21)24/h5-7,10,15-17H,4,8-9,11-14H2,1-3H3,(H,25,26,31). The quantitative estimate of drug-likeness (QED) is 0.435. The number of hydrogen-bond donors (Lipinski definition) is 1. The number of halogens is 1. The van der Waals surface area contributed by atoms with Crippen molar-refractivity contribution < 1.29 is 18.8 Å². The van der Waals surface area contributed by atoms with Crippen LogP contribution in [-0.2, 0) is 0 Å². The van der Waals surface area contributed by atoms with Gasteiger partial charge in [-0.05, 0) is 58.6 Å². The summed E-state index contributed by atoms with van der Waals surface area (Å²) in [6, 6.07) is 5.97. The van der Waals surface area contributed by atoms with Crippen molar-refractivity contribution in [2.24, 2.45) is 0 Å². The van der Waals surface area contributed by atoms with E-state index in [1.54, 1.807) is 11.9 Å². The van der Waals surface area contributed by atoms with E-state index in [1.807, 2.05) is 0 Å². The number of nitrogens with zero attached hydrogens (tertiary/aromatic N) is 5. The Hall–Kier alpha value is -3.31. The first-order valence-electron chi connectivity index (χ1n) is 11.2. The molecular weight excluding hydrogens is 443 g/mol. The number of benzene rings is 1. The summed E-state index contributed by atoms with van der Waals surface area (Å²) < 4.78 is 19.6. The largest absolute Gasteiger partial charge is 0.454 e. The SMILES string of the molecule is CN(C)CCCN1CCC(N(C)C(=O)Nc2cc(Oc3ccc([N+](=O)[O-])cc3F)ccn2)CC1. The number of anilines is 1. The van der Waals surface area contributed by atoms with Crippen LogP contribution >= 0.6 is 0 Å². The van der Waals surface area contributed by atoms with Gasteiger partial charge in [0.05, 0.1) is 11.0 Å². The third-order valence-electron chi connectivity index (χ3n) is 5.83. The number of nitrogens with one attached hydrogen (secondary N) is 1. The van der Waals surface area contributed by atoms with E-state index in [9.17, 15) is 19.3 Å². The van der Waals surface area contributed by atoms with Gasteiger partial charge in [-0.1, -0.05) is 0 Å². The smallest absolute Gasteiger partial charge is 0.323 e. The highest BCUT2D eigenvalue weighted by Gasteiger charge is 2.25. The van der Waals surface area contributed by atoms with E-state index in [0.717, 1.165) is 57.6 Å². The van der Waals surface area contributed by atoms with Crippen molar-refractivity contribution in [3.05, 3.63) is 52.5 Å². The molecule has 2 heterocycles. The second-order valence-corrected chi connectivity index (χ2v) is 8.62. The van der Waals surface area contributed by atoms with Gasteiger partial charge in [-0.15, -0.1) is 0 Å². The highest BCUT2D eigenvalue weighted by Crippen LogP contribution is 2.28. The predicted octanol–water partition coefficient (Wildman–Crippen LogP) is 3.80. The molecule has 1 saturated heterocycles. The van der Waals surface area contributed by atoms with Gasteiger partial charge < -0.3 is 19.4 Å². The van der Waals surface area contributed by atoms with Crippen LogP contribution in [0.15, 0.2) is 36.5 Å². The van der Waals surface area contributed by atoms with Gasteiger partial charge in [0.2, 0.25) is 0 Å². The van der Waals surface area contributed by atoms with Gasteiger partial charge in [0.15, 0.2) is 11.6 Å². The second kappa shape index (κ2) is 11.7. The summed E-state index contributed by atoms with van der Waals surface area (Å²) in [6.07, 6.45) is 4.37. The van der Waals surface area contributed by atoms with Crippen LogP contribution in [0.25, 0.3) is 0 Å². The minimum atomic E-state index is -0.857. The van der Waals surface area contributed by atoms with E-state index in [0.29, 0.717) is 0 Å². The van der Waals surface area contributed by atoms with Crippen molar-refractivity contribution in [1.82, 2.24) is 19.7 Å². The molecule has 0 radical (unpaired) electrons.